The van der Waals surface area contributed by atoms with E-state index in [0.717, 1.165) is 32.1 Å². The lowest BCUT2D eigenvalue weighted by molar-refractivity contribution is 0.402. The minimum Gasteiger partial charge on any atom is -0.357 e. The first-order valence-electron chi connectivity index (χ1n) is 8.53. The van der Waals surface area contributed by atoms with Gasteiger partial charge in [-0.2, -0.15) is 0 Å². The van der Waals surface area contributed by atoms with Gasteiger partial charge < -0.3 is 20.1 Å². The second-order valence-corrected chi connectivity index (χ2v) is 6.10. The maximum absolute atomic E-state index is 4.67. The number of nitrogens with zero attached hydrogens (tertiary/aromatic N) is 3. The van der Waals surface area contributed by atoms with Gasteiger partial charge in [0.1, 0.15) is 0 Å². The van der Waals surface area contributed by atoms with Gasteiger partial charge in [-0.15, -0.1) is 0 Å². The molecule has 0 radical (unpaired) electrons. The highest BCUT2D eigenvalue weighted by molar-refractivity contribution is 5.79. The Balaban J connectivity index is 1.85. The van der Waals surface area contributed by atoms with Crippen LogP contribution in [-0.2, 0) is 19.6 Å². The molecular weight excluding hydrogens is 298 g/mol. The standard InChI is InChI=1S/C19H29N5/c1-4-20-19(21-11-14-24-12-5-6-13-24)22-15-17-7-9-18(10-8-17)16-23(2)3/h5-10,12-13H,4,11,14-16H2,1-3H3,(H2,20,21,22). The normalized spacial score (nSPS) is 11.8. The molecule has 0 aliphatic rings. The molecule has 0 amide bonds. The van der Waals surface area contributed by atoms with Crippen LogP contribution in [0.4, 0.5) is 0 Å². The molecule has 2 rings (SSSR count). The van der Waals surface area contributed by atoms with E-state index in [1.807, 2.05) is 12.1 Å². The second kappa shape index (κ2) is 9.78. The van der Waals surface area contributed by atoms with Crippen molar-refractivity contribution in [1.29, 1.82) is 0 Å². The van der Waals surface area contributed by atoms with Crippen molar-refractivity contribution in [3.8, 4) is 0 Å². The molecule has 130 valence electrons. The summed E-state index contributed by atoms with van der Waals surface area (Å²) in [7, 11) is 4.17. The summed E-state index contributed by atoms with van der Waals surface area (Å²) in [6.45, 7) is 6.36. The van der Waals surface area contributed by atoms with Crippen LogP contribution < -0.4 is 10.6 Å². The van der Waals surface area contributed by atoms with Crippen LogP contribution in [-0.4, -0.2) is 42.6 Å². The van der Waals surface area contributed by atoms with E-state index in [1.165, 1.54) is 11.1 Å². The summed E-state index contributed by atoms with van der Waals surface area (Å²) in [5, 5.41) is 6.67. The number of guanidine groups is 1. The molecule has 0 bridgehead atoms. The van der Waals surface area contributed by atoms with Crippen molar-refractivity contribution in [1.82, 2.24) is 20.1 Å². The van der Waals surface area contributed by atoms with E-state index in [9.17, 15) is 0 Å². The molecule has 1 aromatic carbocycles. The van der Waals surface area contributed by atoms with Crippen LogP contribution in [0.15, 0.2) is 53.8 Å². The monoisotopic (exact) mass is 327 g/mol. The van der Waals surface area contributed by atoms with Crippen molar-refractivity contribution in [2.75, 3.05) is 27.2 Å². The molecule has 0 atom stereocenters. The van der Waals surface area contributed by atoms with E-state index in [4.69, 9.17) is 0 Å². The molecule has 0 saturated heterocycles. The topological polar surface area (TPSA) is 44.6 Å². The highest BCUT2D eigenvalue weighted by Crippen LogP contribution is 2.07. The number of nitrogens with one attached hydrogen (secondary N) is 2. The lowest BCUT2D eigenvalue weighted by atomic mass is 10.1. The molecule has 0 saturated carbocycles. The second-order valence-electron chi connectivity index (χ2n) is 6.10. The Bertz CT molecular complexity index is 599. The number of hydrogen-bond donors (Lipinski definition) is 2. The third-order valence-electron chi connectivity index (χ3n) is 3.61. The van der Waals surface area contributed by atoms with Gasteiger partial charge in [0, 0.05) is 38.6 Å². The van der Waals surface area contributed by atoms with Gasteiger partial charge in [-0.3, -0.25) is 0 Å². The van der Waals surface area contributed by atoms with E-state index in [2.05, 4.69) is 82.8 Å². The summed E-state index contributed by atoms with van der Waals surface area (Å²) in [4.78, 5) is 6.84. The lowest BCUT2D eigenvalue weighted by Gasteiger charge is -2.12. The molecule has 1 heterocycles. The summed E-state index contributed by atoms with van der Waals surface area (Å²) < 4.78 is 2.15. The fourth-order valence-electron chi connectivity index (χ4n) is 2.45. The third kappa shape index (κ3) is 6.46. The molecule has 0 spiro atoms. The number of rotatable bonds is 8. The summed E-state index contributed by atoms with van der Waals surface area (Å²) in [5.41, 5.74) is 2.55. The summed E-state index contributed by atoms with van der Waals surface area (Å²) in [6, 6.07) is 12.8. The Morgan fingerprint density at radius 1 is 1.04 bits per heavy atom. The predicted octanol–water partition coefficient (Wildman–Crippen LogP) is 2.30. The van der Waals surface area contributed by atoms with E-state index >= 15 is 0 Å². The van der Waals surface area contributed by atoms with Crippen molar-refractivity contribution in [2.45, 2.75) is 26.6 Å². The van der Waals surface area contributed by atoms with Gasteiger partial charge in [-0.25, -0.2) is 4.99 Å². The first-order chi connectivity index (χ1) is 11.7. The van der Waals surface area contributed by atoms with Crippen LogP contribution in [0, 0.1) is 0 Å². The summed E-state index contributed by atoms with van der Waals surface area (Å²) in [6.07, 6.45) is 4.14. The molecular formula is C19H29N5. The Kier molecular flexibility index (Phi) is 7.36. The number of aliphatic imine (C=N–C) groups is 1. The highest BCUT2D eigenvalue weighted by atomic mass is 15.2. The maximum Gasteiger partial charge on any atom is 0.191 e. The molecule has 5 heteroatoms. The van der Waals surface area contributed by atoms with Crippen LogP contribution in [0.1, 0.15) is 18.1 Å². The third-order valence-corrected chi connectivity index (χ3v) is 3.61. The maximum atomic E-state index is 4.67. The Hall–Kier alpha value is -2.27. The minimum absolute atomic E-state index is 0.682. The van der Waals surface area contributed by atoms with Crippen LogP contribution >= 0.6 is 0 Å². The van der Waals surface area contributed by atoms with Crippen molar-refractivity contribution in [3.63, 3.8) is 0 Å². The predicted molar refractivity (Wildman–Crippen MR) is 101 cm³/mol. The van der Waals surface area contributed by atoms with Crippen LogP contribution in [0.3, 0.4) is 0 Å². The van der Waals surface area contributed by atoms with Gasteiger partial charge in [0.05, 0.1) is 6.54 Å². The van der Waals surface area contributed by atoms with Crippen LogP contribution in [0.5, 0.6) is 0 Å². The Morgan fingerprint density at radius 2 is 1.71 bits per heavy atom. The van der Waals surface area contributed by atoms with E-state index in [1.54, 1.807) is 0 Å². The van der Waals surface area contributed by atoms with Gasteiger partial charge in [0.25, 0.3) is 0 Å². The van der Waals surface area contributed by atoms with Gasteiger partial charge in [0.15, 0.2) is 5.96 Å². The van der Waals surface area contributed by atoms with Crippen LogP contribution in [0.25, 0.3) is 0 Å². The molecule has 5 nitrogen and oxygen atoms in total. The Labute approximate surface area is 145 Å². The van der Waals surface area contributed by atoms with E-state index in [-0.39, 0.29) is 0 Å². The zero-order valence-corrected chi connectivity index (χ0v) is 15.0. The molecule has 0 unspecified atom stereocenters. The van der Waals surface area contributed by atoms with Gasteiger partial charge in [-0.1, -0.05) is 24.3 Å². The first-order valence-corrected chi connectivity index (χ1v) is 8.53. The lowest BCUT2D eigenvalue weighted by Crippen LogP contribution is -2.38. The van der Waals surface area contributed by atoms with Gasteiger partial charge in [-0.05, 0) is 44.3 Å². The fourth-order valence-corrected chi connectivity index (χ4v) is 2.45. The first kappa shape index (κ1) is 18.1. The van der Waals surface area contributed by atoms with Crippen LogP contribution in [0.2, 0.25) is 0 Å². The van der Waals surface area contributed by atoms with Crippen molar-refractivity contribution < 1.29 is 0 Å². The molecule has 0 fully saturated rings. The number of aromatic nitrogens is 1. The van der Waals surface area contributed by atoms with Crippen molar-refractivity contribution >= 4 is 5.96 Å². The zero-order chi connectivity index (χ0) is 17.2. The largest absolute Gasteiger partial charge is 0.357 e. The SMILES string of the molecule is CCNC(=NCc1ccc(CN(C)C)cc1)NCCn1cccc1. The number of hydrogen-bond acceptors (Lipinski definition) is 2. The Morgan fingerprint density at radius 3 is 2.33 bits per heavy atom. The average molecular weight is 327 g/mol. The van der Waals surface area contributed by atoms with Crippen molar-refractivity contribution in [2.24, 2.45) is 4.99 Å². The molecule has 0 aliphatic carbocycles. The zero-order valence-electron chi connectivity index (χ0n) is 15.0. The fraction of sp³-hybridized carbons (Fsp3) is 0.421. The molecule has 24 heavy (non-hydrogen) atoms. The molecule has 1 aromatic heterocycles. The highest BCUT2D eigenvalue weighted by Gasteiger charge is 1.99. The molecule has 0 aliphatic heterocycles. The summed E-state index contributed by atoms with van der Waals surface area (Å²) >= 11 is 0. The summed E-state index contributed by atoms with van der Waals surface area (Å²) in [5.74, 6) is 0.863. The average Bonchev–Trinajstić information content (AvgIpc) is 3.07. The smallest absolute Gasteiger partial charge is 0.191 e. The van der Waals surface area contributed by atoms with Gasteiger partial charge in [0.2, 0.25) is 0 Å². The van der Waals surface area contributed by atoms with Crippen molar-refractivity contribution in [3.05, 3.63) is 59.9 Å². The van der Waals surface area contributed by atoms with E-state index < -0.39 is 0 Å². The van der Waals surface area contributed by atoms with E-state index in [0.29, 0.717) is 6.54 Å². The number of benzene rings is 1. The minimum atomic E-state index is 0.682. The van der Waals surface area contributed by atoms with Gasteiger partial charge >= 0.3 is 0 Å². The quantitative estimate of drug-likeness (QED) is 0.578. The molecule has 2 aromatic rings. The molecule has 2 N–H and O–H groups in total.